The van der Waals surface area contributed by atoms with E-state index in [0.717, 1.165) is 10.7 Å². The van der Waals surface area contributed by atoms with Gasteiger partial charge in [-0.25, -0.2) is 13.5 Å². The molecule has 0 amide bonds. The Labute approximate surface area is 105 Å². The maximum atomic E-state index is 13.7. The number of nitrogens with zero attached hydrogens (tertiary/aromatic N) is 4. The summed E-state index contributed by atoms with van der Waals surface area (Å²) in [6, 6.07) is 1.52. The molecule has 2 rings (SSSR count). The number of nitro groups is 1. The summed E-state index contributed by atoms with van der Waals surface area (Å²) in [6.07, 6.45) is 1.35. The van der Waals surface area contributed by atoms with E-state index in [4.69, 9.17) is 5.11 Å². The first-order valence-electron chi connectivity index (χ1n) is 5.19. The fourth-order valence-corrected chi connectivity index (χ4v) is 1.53. The summed E-state index contributed by atoms with van der Waals surface area (Å²) in [5, 5.41) is 26.6. The molecule has 0 aliphatic rings. The maximum Gasteiger partial charge on any atom is 0.298 e. The normalized spacial score (nSPS) is 10.7. The molecule has 0 radical (unpaired) electrons. The quantitative estimate of drug-likeness (QED) is 0.660. The Morgan fingerprint density at radius 1 is 1.42 bits per heavy atom. The van der Waals surface area contributed by atoms with Gasteiger partial charge in [0.1, 0.15) is 0 Å². The van der Waals surface area contributed by atoms with Crippen molar-refractivity contribution in [3.8, 4) is 5.69 Å². The number of nitro benzene ring substituents is 1. The van der Waals surface area contributed by atoms with Gasteiger partial charge in [-0.05, 0) is 6.07 Å². The van der Waals surface area contributed by atoms with Crippen LogP contribution in [-0.2, 0) is 6.42 Å². The van der Waals surface area contributed by atoms with Crippen molar-refractivity contribution in [2.75, 3.05) is 6.61 Å². The first-order valence-corrected chi connectivity index (χ1v) is 5.19. The number of aromatic nitrogens is 3. The molecule has 2 aromatic rings. The van der Waals surface area contributed by atoms with E-state index in [1.54, 1.807) is 0 Å². The molecule has 0 fully saturated rings. The zero-order chi connectivity index (χ0) is 14.0. The van der Waals surface area contributed by atoms with Gasteiger partial charge in [0.05, 0.1) is 16.8 Å². The summed E-state index contributed by atoms with van der Waals surface area (Å²) < 4.78 is 27.6. The van der Waals surface area contributed by atoms with Crippen molar-refractivity contribution in [2.45, 2.75) is 6.42 Å². The maximum absolute atomic E-state index is 13.7. The van der Waals surface area contributed by atoms with Gasteiger partial charge in [0.15, 0.2) is 17.3 Å². The summed E-state index contributed by atoms with van der Waals surface area (Å²) in [7, 11) is 0. The van der Waals surface area contributed by atoms with Crippen molar-refractivity contribution in [1.29, 1.82) is 0 Å². The summed E-state index contributed by atoms with van der Waals surface area (Å²) >= 11 is 0. The average Bonchev–Trinajstić information content (AvgIpc) is 2.81. The van der Waals surface area contributed by atoms with E-state index in [1.807, 2.05) is 0 Å². The Morgan fingerprint density at radius 2 is 2.16 bits per heavy atom. The van der Waals surface area contributed by atoms with Gasteiger partial charge in [0, 0.05) is 19.1 Å². The molecule has 100 valence electrons. The zero-order valence-electron chi connectivity index (χ0n) is 9.45. The minimum atomic E-state index is -1.38. The topological polar surface area (TPSA) is 94.1 Å². The molecule has 0 aliphatic heterocycles. The Kier molecular flexibility index (Phi) is 3.47. The van der Waals surface area contributed by atoms with Gasteiger partial charge in [-0.2, -0.15) is 0 Å². The van der Waals surface area contributed by atoms with Crippen LogP contribution >= 0.6 is 0 Å². The Bertz CT molecular complexity index is 629. The van der Waals surface area contributed by atoms with Crippen LogP contribution < -0.4 is 0 Å². The molecular formula is C10H8F2N4O3. The molecule has 0 saturated carbocycles. The fraction of sp³-hybridized carbons (Fsp3) is 0.200. The standard InChI is InChI=1S/C10H8F2N4O3/c11-7-1-2-8(16(18)19)10(9(7)12)15-5-6(3-4-17)13-14-15/h1-2,5,17H,3-4H2. The molecule has 1 heterocycles. The van der Waals surface area contributed by atoms with Crippen LogP contribution in [0.25, 0.3) is 5.69 Å². The number of aliphatic hydroxyl groups excluding tert-OH is 1. The number of hydrogen-bond donors (Lipinski definition) is 1. The number of benzene rings is 1. The molecule has 0 unspecified atom stereocenters. The molecule has 9 heteroatoms. The van der Waals surface area contributed by atoms with E-state index in [9.17, 15) is 18.9 Å². The summed E-state index contributed by atoms with van der Waals surface area (Å²) in [5.41, 5.74) is -0.943. The van der Waals surface area contributed by atoms with Crippen LogP contribution in [-0.4, -0.2) is 31.6 Å². The third-order valence-corrected chi connectivity index (χ3v) is 2.38. The van der Waals surface area contributed by atoms with E-state index in [2.05, 4.69) is 10.3 Å². The molecule has 0 bridgehead atoms. The molecule has 1 aromatic heterocycles. The largest absolute Gasteiger partial charge is 0.396 e. The first kappa shape index (κ1) is 13.0. The van der Waals surface area contributed by atoms with Crippen molar-refractivity contribution in [1.82, 2.24) is 15.0 Å². The average molecular weight is 270 g/mol. The van der Waals surface area contributed by atoms with E-state index >= 15 is 0 Å². The minimum Gasteiger partial charge on any atom is -0.396 e. The highest BCUT2D eigenvalue weighted by atomic mass is 19.2. The number of aliphatic hydroxyl groups is 1. The van der Waals surface area contributed by atoms with E-state index < -0.39 is 27.9 Å². The monoisotopic (exact) mass is 270 g/mol. The van der Waals surface area contributed by atoms with Gasteiger partial charge < -0.3 is 5.11 Å². The highest BCUT2D eigenvalue weighted by Crippen LogP contribution is 2.26. The second kappa shape index (κ2) is 5.06. The first-order chi connectivity index (χ1) is 9.04. The second-order valence-corrected chi connectivity index (χ2v) is 3.61. The van der Waals surface area contributed by atoms with Crippen molar-refractivity contribution in [2.24, 2.45) is 0 Å². The number of hydrogen-bond acceptors (Lipinski definition) is 5. The van der Waals surface area contributed by atoms with Crippen molar-refractivity contribution < 1.29 is 18.8 Å². The SMILES string of the molecule is O=[N+]([O-])c1ccc(F)c(F)c1-n1cc(CCO)nn1. The highest BCUT2D eigenvalue weighted by Gasteiger charge is 2.24. The lowest BCUT2D eigenvalue weighted by Crippen LogP contribution is -2.05. The molecule has 0 saturated heterocycles. The van der Waals surface area contributed by atoms with Gasteiger partial charge in [-0.3, -0.25) is 10.1 Å². The lowest BCUT2D eigenvalue weighted by atomic mass is 10.2. The smallest absolute Gasteiger partial charge is 0.298 e. The Morgan fingerprint density at radius 3 is 2.79 bits per heavy atom. The third kappa shape index (κ3) is 2.40. The van der Waals surface area contributed by atoms with Gasteiger partial charge >= 0.3 is 0 Å². The van der Waals surface area contributed by atoms with Crippen LogP contribution in [0.2, 0.25) is 0 Å². The lowest BCUT2D eigenvalue weighted by Gasteiger charge is -2.03. The molecule has 7 nitrogen and oxygen atoms in total. The molecule has 0 atom stereocenters. The second-order valence-electron chi connectivity index (χ2n) is 3.61. The third-order valence-electron chi connectivity index (χ3n) is 2.38. The number of rotatable bonds is 4. The van der Waals surface area contributed by atoms with Crippen LogP contribution in [0.3, 0.4) is 0 Å². The van der Waals surface area contributed by atoms with Crippen LogP contribution in [0.15, 0.2) is 18.3 Å². The highest BCUT2D eigenvalue weighted by molar-refractivity contribution is 5.53. The van der Waals surface area contributed by atoms with E-state index in [-0.39, 0.29) is 13.0 Å². The molecule has 0 spiro atoms. The van der Waals surface area contributed by atoms with Crippen LogP contribution in [0.1, 0.15) is 5.69 Å². The van der Waals surface area contributed by atoms with Crippen LogP contribution in [0, 0.1) is 21.7 Å². The van der Waals surface area contributed by atoms with Crippen molar-refractivity contribution >= 4 is 5.69 Å². The summed E-state index contributed by atoms with van der Waals surface area (Å²) in [4.78, 5) is 9.96. The van der Waals surface area contributed by atoms with E-state index in [0.29, 0.717) is 11.8 Å². The van der Waals surface area contributed by atoms with Crippen molar-refractivity contribution in [3.05, 3.63) is 45.8 Å². The predicted molar refractivity (Wildman–Crippen MR) is 58.7 cm³/mol. The number of halogens is 2. The molecule has 19 heavy (non-hydrogen) atoms. The van der Waals surface area contributed by atoms with Gasteiger partial charge in [0.25, 0.3) is 5.69 Å². The lowest BCUT2D eigenvalue weighted by molar-refractivity contribution is -0.384. The fourth-order valence-electron chi connectivity index (χ4n) is 1.53. The van der Waals surface area contributed by atoms with Crippen LogP contribution in [0.5, 0.6) is 0 Å². The zero-order valence-corrected chi connectivity index (χ0v) is 9.45. The van der Waals surface area contributed by atoms with Gasteiger partial charge in [-0.15, -0.1) is 5.10 Å². The van der Waals surface area contributed by atoms with Gasteiger partial charge in [-0.1, -0.05) is 5.21 Å². The predicted octanol–water partition coefficient (Wildman–Crippen LogP) is 0.988. The minimum absolute atomic E-state index is 0.157. The van der Waals surface area contributed by atoms with Gasteiger partial charge in [0.2, 0.25) is 0 Å². The van der Waals surface area contributed by atoms with E-state index in [1.165, 1.54) is 6.20 Å². The van der Waals surface area contributed by atoms with Crippen molar-refractivity contribution in [3.63, 3.8) is 0 Å². The molecular weight excluding hydrogens is 262 g/mol. The Balaban J connectivity index is 2.58. The Hall–Kier alpha value is -2.42. The van der Waals surface area contributed by atoms with Crippen LogP contribution in [0.4, 0.5) is 14.5 Å². The summed E-state index contributed by atoms with van der Waals surface area (Å²) in [5.74, 6) is -2.60. The molecule has 1 N–H and O–H groups in total. The molecule has 1 aromatic carbocycles. The molecule has 0 aliphatic carbocycles. The summed E-state index contributed by atoms with van der Waals surface area (Å²) in [6.45, 7) is -0.202.